The second kappa shape index (κ2) is 18.6. The first kappa shape index (κ1) is 40.4. The molecule has 1 aliphatic rings. The lowest BCUT2D eigenvalue weighted by molar-refractivity contribution is -0.0931. The lowest BCUT2D eigenvalue weighted by Gasteiger charge is -2.37. The number of aliphatic hydroxyl groups is 1. The normalized spacial score (nSPS) is 17.7. The van der Waals surface area contributed by atoms with Crippen molar-refractivity contribution >= 4 is 11.2 Å². The second-order valence-corrected chi connectivity index (χ2v) is 14.7. The maximum absolute atomic E-state index is 13.5. The molecule has 0 amide bonds. The topological polar surface area (TPSA) is 110 Å². The molecule has 3 aromatic carbocycles. The van der Waals surface area contributed by atoms with E-state index in [2.05, 4.69) is 55.9 Å². The van der Waals surface area contributed by atoms with Crippen LogP contribution in [0.5, 0.6) is 11.5 Å². The molecule has 0 unspecified atom stereocenters. The Labute approximate surface area is 329 Å². The Balaban J connectivity index is 1.18. The zero-order chi connectivity index (χ0) is 39.7. The molecule has 1 N–H and O–H groups in total. The van der Waals surface area contributed by atoms with Crippen LogP contribution in [0, 0.1) is 0 Å². The summed E-state index contributed by atoms with van der Waals surface area (Å²) in [6, 6.07) is 25.6. The van der Waals surface area contributed by atoms with Crippen molar-refractivity contribution in [2.75, 3.05) is 20.8 Å². The zero-order valence-corrected chi connectivity index (χ0v) is 33.4. The number of hydrogen-bond donors (Lipinski definition) is 1. The van der Waals surface area contributed by atoms with Crippen LogP contribution in [0.3, 0.4) is 0 Å². The van der Waals surface area contributed by atoms with Gasteiger partial charge >= 0.3 is 0 Å². The number of imidazole rings is 1. The highest BCUT2D eigenvalue weighted by Crippen LogP contribution is 2.43. The molecule has 10 nitrogen and oxygen atoms in total. The van der Waals surface area contributed by atoms with E-state index in [0.717, 1.165) is 53.9 Å². The van der Waals surface area contributed by atoms with E-state index in [1.54, 1.807) is 36.0 Å². The zero-order valence-electron chi connectivity index (χ0n) is 33.4. The second-order valence-electron chi connectivity index (χ2n) is 14.7. The summed E-state index contributed by atoms with van der Waals surface area (Å²) in [7, 11) is 3.28. The third kappa shape index (κ3) is 9.21. The Morgan fingerprint density at radius 3 is 2.00 bits per heavy atom. The molecular formula is C46H54N4O6. The van der Waals surface area contributed by atoms with Gasteiger partial charge in [0.25, 0.3) is 5.56 Å². The molecular weight excluding hydrogens is 705 g/mol. The van der Waals surface area contributed by atoms with Gasteiger partial charge in [0.1, 0.15) is 35.8 Å². The number of ether oxygens (including phenoxy) is 4. The molecule has 0 radical (unpaired) electrons. The van der Waals surface area contributed by atoms with Gasteiger partial charge in [0.15, 0.2) is 11.2 Å². The van der Waals surface area contributed by atoms with E-state index in [1.807, 2.05) is 78.9 Å². The minimum atomic E-state index is -1.07. The molecule has 0 spiro atoms. The van der Waals surface area contributed by atoms with Crippen LogP contribution < -0.4 is 15.0 Å². The summed E-state index contributed by atoms with van der Waals surface area (Å²) in [4.78, 5) is 22.6. The van der Waals surface area contributed by atoms with Crippen molar-refractivity contribution in [1.29, 1.82) is 0 Å². The van der Waals surface area contributed by atoms with Gasteiger partial charge in [-0.15, -0.1) is 0 Å². The van der Waals surface area contributed by atoms with Gasteiger partial charge in [0.05, 0.1) is 33.3 Å². The van der Waals surface area contributed by atoms with Crippen LogP contribution in [-0.2, 0) is 21.6 Å². The predicted molar refractivity (Wildman–Crippen MR) is 220 cm³/mol. The fourth-order valence-corrected chi connectivity index (χ4v) is 7.20. The Morgan fingerprint density at radius 1 is 0.804 bits per heavy atom. The van der Waals surface area contributed by atoms with E-state index in [-0.39, 0.29) is 24.1 Å². The average Bonchev–Trinajstić information content (AvgIpc) is 3.82. The predicted octanol–water partition coefficient (Wildman–Crippen LogP) is 8.69. The highest BCUT2D eigenvalue weighted by Gasteiger charge is 2.42. The number of hydrogen-bond acceptors (Lipinski definition) is 8. The number of methoxy groups -OCH3 is 2. The smallest absolute Gasteiger partial charge is 0.281 e. The van der Waals surface area contributed by atoms with Crippen molar-refractivity contribution in [2.45, 2.75) is 90.4 Å². The van der Waals surface area contributed by atoms with Crippen LogP contribution in [-0.4, -0.2) is 57.2 Å². The summed E-state index contributed by atoms with van der Waals surface area (Å²) < 4.78 is 27.7. The summed E-state index contributed by atoms with van der Waals surface area (Å²) in [5.74, 6) is 1.45. The van der Waals surface area contributed by atoms with Crippen molar-refractivity contribution in [3.63, 3.8) is 0 Å². The van der Waals surface area contributed by atoms with E-state index in [1.165, 1.54) is 16.7 Å². The Morgan fingerprint density at radius 2 is 1.39 bits per heavy atom. The summed E-state index contributed by atoms with van der Waals surface area (Å²) in [5.41, 5.74) is 6.01. The summed E-state index contributed by atoms with van der Waals surface area (Å²) >= 11 is 0. The average molecular weight is 759 g/mol. The number of fused-ring (bicyclic) bond motifs is 1. The largest absolute Gasteiger partial charge is 0.497 e. The first-order valence-electron chi connectivity index (χ1n) is 19.3. The standard InChI is InChI=1S/C46H54N4O6/c1-32(2)12-10-13-33(3)14-11-15-34(4)26-27-49-30-48-44-43(45(49)52)47-31-50(44)42-28-40(51)41(56-42)29-55-46(35-16-8-7-9-17-35,36-18-22-38(53-5)23-19-36)37-20-24-39(54-6)25-21-37/h7-9,12,14,16-26,30-31,40-42,51H,10-11,13,15,27-29H2,1-6H3/t40-,41+,42+/m0/s1. The van der Waals surface area contributed by atoms with Crippen molar-refractivity contribution in [2.24, 2.45) is 0 Å². The Kier molecular flexibility index (Phi) is 13.4. The maximum atomic E-state index is 13.5. The molecule has 5 aromatic rings. The maximum Gasteiger partial charge on any atom is 0.281 e. The van der Waals surface area contributed by atoms with Crippen molar-refractivity contribution in [3.8, 4) is 11.5 Å². The molecule has 1 saturated heterocycles. The summed E-state index contributed by atoms with van der Waals surface area (Å²) in [6.07, 6.45) is 12.0. The van der Waals surface area contributed by atoms with Gasteiger partial charge in [-0.25, -0.2) is 9.97 Å². The monoisotopic (exact) mass is 758 g/mol. The molecule has 3 atom stereocenters. The van der Waals surface area contributed by atoms with E-state index in [9.17, 15) is 9.90 Å². The number of aromatic nitrogens is 4. The van der Waals surface area contributed by atoms with Crippen LogP contribution in [0.1, 0.15) is 82.7 Å². The van der Waals surface area contributed by atoms with Crippen molar-refractivity contribution in [3.05, 3.63) is 154 Å². The third-order valence-corrected chi connectivity index (χ3v) is 10.5. The Bertz CT molecular complexity index is 2150. The number of nitrogens with zero attached hydrogens (tertiary/aromatic N) is 4. The molecule has 0 saturated carbocycles. The number of rotatable bonds is 17. The molecule has 1 fully saturated rings. The van der Waals surface area contributed by atoms with Crippen LogP contribution in [0.25, 0.3) is 11.2 Å². The van der Waals surface area contributed by atoms with Crippen LogP contribution in [0.15, 0.2) is 131 Å². The quantitative estimate of drug-likeness (QED) is 0.0742. The SMILES string of the molecule is COc1ccc(C(OC[C@H]2O[C@@H](n3cnc4c(=O)n(CC=C(C)CCC=C(C)CCC=C(C)C)cnc43)C[C@@H]2O)(c2ccccc2)c2ccc(OC)cc2)cc1. The summed E-state index contributed by atoms with van der Waals surface area (Å²) in [5, 5.41) is 11.4. The molecule has 3 heterocycles. The van der Waals surface area contributed by atoms with E-state index >= 15 is 0 Å². The molecule has 0 bridgehead atoms. The highest BCUT2D eigenvalue weighted by atomic mass is 16.6. The molecule has 1 aliphatic heterocycles. The lowest BCUT2D eigenvalue weighted by Crippen LogP contribution is -2.38. The molecule has 56 heavy (non-hydrogen) atoms. The third-order valence-electron chi connectivity index (χ3n) is 10.5. The van der Waals surface area contributed by atoms with Crippen molar-refractivity contribution < 1.29 is 24.1 Å². The minimum absolute atomic E-state index is 0.0639. The van der Waals surface area contributed by atoms with Crippen LogP contribution >= 0.6 is 0 Å². The van der Waals surface area contributed by atoms with Gasteiger partial charge in [-0.05, 0) is 94.3 Å². The molecule has 0 aliphatic carbocycles. The van der Waals surface area contributed by atoms with E-state index in [4.69, 9.17) is 18.9 Å². The van der Waals surface area contributed by atoms with Gasteiger partial charge < -0.3 is 24.1 Å². The lowest BCUT2D eigenvalue weighted by atomic mass is 9.80. The van der Waals surface area contributed by atoms with Gasteiger partial charge in [-0.1, -0.05) is 89.5 Å². The van der Waals surface area contributed by atoms with E-state index in [0.29, 0.717) is 12.2 Å². The number of benzene rings is 3. The molecule has 294 valence electrons. The van der Waals surface area contributed by atoms with Gasteiger partial charge in [0, 0.05) is 13.0 Å². The van der Waals surface area contributed by atoms with Crippen molar-refractivity contribution in [1.82, 2.24) is 19.1 Å². The fraction of sp³-hybridized carbons (Fsp3) is 0.370. The Hall–Kier alpha value is -5.29. The van der Waals surface area contributed by atoms with E-state index < -0.39 is 24.0 Å². The first-order valence-corrected chi connectivity index (χ1v) is 19.3. The van der Waals surface area contributed by atoms with Crippen LogP contribution in [0.4, 0.5) is 0 Å². The van der Waals surface area contributed by atoms with Gasteiger partial charge in [-0.2, -0.15) is 0 Å². The number of allylic oxidation sites excluding steroid dienone is 6. The van der Waals surface area contributed by atoms with Gasteiger partial charge in [0.2, 0.25) is 0 Å². The molecule has 10 heteroatoms. The molecule has 6 rings (SSSR count). The number of aliphatic hydroxyl groups excluding tert-OH is 1. The highest BCUT2D eigenvalue weighted by molar-refractivity contribution is 5.69. The summed E-state index contributed by atoms with van der Waals surface area (Å²) in [6.45, 7) is 9.02. The fourth-order valence-electron chi connectivity index (χ4n) is 7.20. The van der Waals surface area contributed by atoms with Gasteiger partial charge in [-0.3, -0.25) is 13.9 Å². The molecule has 2 aromatic heterocycles. The minimum Gasteiger partial charge on any atom is -0.497 e. The van der Waals surface area contributed by atoms with Crippen LogP contribution in [0.2, 0.25) is 0 Å². The first-order chi connectivity index (χ1) is 27.1.